The maximum Gasteiger partial charge on any atom is 0.161 e. The first-order chi connectivity index (χ1) is 16.8. The first-order valence-corrected chi connectivity index (χ1v) is 11.6. The SMILES string of the molecule is COc1cc2c(cc1OCc1ccccc1)CCNC2/C=C/c1cccc(-c2ccncc2)c1. The molecule has 0 aliphatic carbocycles. The van der Waals surface area contributed by atoms with Crippen LogP contribution in [-0.4, -0.2) is 18.6 Å². The minimum atomic E-state index is 0.116. The molecule has 0 saturated heterocycles. The zero-order valence-electron chi connectivity index (χ0n) is 19.3. The highest BCUT2D eigenvalue weighted by molar-refractivity contribution is 5.67. The van der Waals surface area contributed by atoms with Crippen LogP contribution in [0, 0.1) is 0 Å². The highest BCUT2D eigenvalue weighted by atomic mass is 16.5. The molecule has 0 saturated carbocycles. The molecule has 0 radical (unpaired) electrons. The van der Waals surface area contributed by atoms with E-state index in [1.807, 2.05) is 42.7 Å². The molecular formula is C30H28N2O2. The van der Waals surface area contributed by atoms with Gasteiger partial charge in [0.2, 0.25) is 0 Å². The molecule has 1 aliphatic heterocycles. The Labute approximate surface area is 200 Å². The zero-order chi connectivity index (χ0) is 23.2. The number of nitrogens with zero attached hydrogens (tertiary/aromatic N) is 1. The third-order valence-corrected chi connectivity index (χ3v) is 6.14. The molecule has 0 bridgehead atoms. The molecule has 1 atom stereocenters. The Morgan fingerprint density at radius 2 is 1.76 bits per heavy atom. The number of benzene rings is 3. The summed E-state index contributed by atoms with van der Waals surface area (Å²) in [4.78, 5) is 4.12. The van der Waals surface area contributed by atoms with E-state index >= 15 is 0 Å². The number of pyridine rings is 1. The molecule has 1 aromatic heterocycles. The molecule has 4 nitrogen and oxygen atoms in total. The van der Waals surface area contributed by atoms with Crippen molar-refractivity contribution >= 4 is 6.08 Å². The molecule has 2 heterocycles. The van der Waals surface area contributed by atoms with Gasteiger partial charge in [0.25, 0.3) is 0 Å². The van der Waals surface area contributed by atoms with Gasteiger partial charge in [0.05, 0.1) is 13.2 Å². The number of nitrogens with one attached hydrogen (secondary N) is 1. The summed E-state index contributed by atoms with van der Waals surface area (Å²) in [6.45, 7) is 1.44. The van der Waals surface area contributed by atoms with Crippen molar-refractivity contribution in [1.29, 1.82) is 0 Å². The van der Waals surface area contributed by atoms with Gasteiger partial charge < -0.3 is 14.8 Å². The smallest absolute Gasteiger partial charge is 0.161 e. The number of rotatable bonds is 7. The molecule has 0 fully saturated rings. The standard InChI is InChI=1S/C30H28N2O2/c1-33-29-20-27-26(19-30(29)34-21-23-6-3-2-4-7-23)14-17-32-28(27)11-10-22-8-5-9-25(18-22)24-12-15-31-16-13-24/h2-13,15-16,18-20,28,32H,14,17,21H2,1H3/b11-10+. The van der Waals surface area contributed by atoms with Gasteiger partial charge >= 0.3 is 0 Å². The van der Waals surface area contributed by atoms with E-state index in [9.17, 15) is 0 Å². The average Bonchev–Trinajstić information content (AvgIpc) is 2.91. The van der Waals surface area contributed by atoms with E-state index < -0.39 is 0 Å². The van der Waals surface area contributed by atoms with Gasteiger partial charge in [0.15, 0.2) is 11.5 Å². The predicted octanol–water partition coefficient (Wildman–Crippen LogP) is 6.24. The Hall–Kier alpha value is -3.89. The molecule has 170 valence electrons. The number of methoxy groups -OCH3 is 1. The first kappa shape index (κ1) is 21.9. The molecule has 5 rings (SSSR count). The Morgan fingerprint density at radius 1 is 0.912 bits per heavy atom. The fourth-order valence-corrected chi connectivity index (χ4v) is 4.35. The van der Waals surface area contributed by atoms with Crippen LogP contribution in [0.3, 0.4) is 0 Å². The number of ether oxygens (including phenoxy) is 2. The van der Waals surface area contributed by atoms with Gasteiger partial charge in [-0.2, -0.15) is 0 Å². The number of hydrogen-bond acceptors (Lipinski definition) is 4. The van der Waals surface area contributed by atoms with E-state index in [4.69, 9.17) is 9.47 Å². The molecule has 3 aromatic carbocycles. The topological polar surface area (TPSA) is 43.4 Å². The van der Waals surface area contributed by atoms with E-state index in [0.29, 0.717) is 6.61 Å². The van der Waals surface area contributed by atoms with E-state index in [1.54, 1.807) is 7.11 Å². The molecule has 4 aromatic rings. The normalized spacial score (nSPS) is 15.1. The van der Waals surface area contributed by atoms with Gasteiger partial charge in [-0.15, -0.1) is 0 Å². The van der Waals surface area contributed by atoms with Crippen molar-refractivity contribution in [2.24, 2.45) is 0 Å². The molecular weight excluding hydrogens is 420 g/mol. The second kappa shape index (κ2) is 10.4. The lowest BCUT2D eigenvalue weighted by Crippen LogP contribution is -2.28. The minimum Gasteiger partial charge on any atom is -0.493 e. The summed E-state index contributed by atoms with van der Waals surface area (Å²) in [5.41, 5.74) is 7.18. The van der Waals surface area contributed by atoms with Crippen molar-refractivity contribution in [2.45, 2.75) is 19.1 Å². The molecule has 34 heavy (non-hydrogen) atoms. The van der Waals surface area contributed by atoms with Gasteiger partial charge in [-0.25, -0.2) is 0 Å². The summed E-state index contributed by atoms with van der Waals surface area (Å²) >= 11 is 0. The van der Waals surface area contributed by atoms with Crippen molar-refractivity contribution in [2.75, 3.05) is 13.7 Å². The first-order valence-electron chi connectivity index (χ1n) is 11.6. The third-order valence-electron chi connectivity index (χ3n) is 6.14. The van der Waals surface area contributed by atoms with Crippen LogP contribution in [0.4, 0.5) is 0 Å². The summed E-state index contributed by atoms with van der Waals surface area (Å²) in [5, 5.41) is 3.63. The van der Waals surface area contributed by atoms with E-state index in [1.165, 1.54) is 22.3 Å². The summed E-state index contributed by atoms with van der Waals surface area (Å²) in [7, 11) is 1.70. The van der Waals surface area contributed by atoms with Gasteiger partial charge in [0.1, 0.15) is 6.61 Å². The Balaban J connectivity index is 1.37. The van der Waals surface area contributed by atoms with Gasteiger partial charge in [-0.05, 0) is 70.1 Å². The Bertz CT molecular complexity index is 1270. The van der Waals surface area contributed by atoms with Crippen molar-refractivity contribution in [1.82, 2.24) is 10.3 Å². The fourth-order valence-electron chi connectivity index (χ4n) is 4.35. The molecule has 1 unspecified atom stereocenters. The second-order valence-corrected chi connectivity index (χ2v) is 8.38. The van der Waals surface area contributed by atoms with Gasteiger partial charge in [0, 0.05) is 18.9 Å². The highest BCUT2D eigenvalue weighted by Gasteiger charge is 2.21. The molecule has 4 heteroatoms. The van der Waals surface area contributed by atoms with Crippen LogP contribution in [0.15, 0.2) is 97.3 Å². The van der Waals surface area contributed by atoms with Crippen LogP contribution in [0.2, 0.25) is 0 Å². The number of hydrogen-bond donors (Lipinski definition) is 1. The maximum absolute atomic E-state index is 6.13. The third kappa shape index (κ3) is 5.03. The summed E-state index contributed by atoms with van der Waals surface area (Å²) < 4.78 is 11.8. The van der Waals surface area contributed by atoms with Crippen molar-refractivity contribution in [3.05, 3.63) is 120 Å². The van der Waals surface area contributed by atoms with Crippen molar-refractivity contribution in [3.63, 3.8) is 0 Å². The van der Waals surface area contributed by atoms with Crippen LogP contribution in [0.1, 0.15) is 28.3 Å². The minimum absolute atomic E-state index is 0.116. The monoisotopic (exact) mass is 448 g/mol. The number of aromatic nitrogens is 1. The van der Waals surface area contributed by atoms with Gasteiger partial charge in [-0.3, -0.25) is 4.98 Å². The fraction of sp³-hybridized carbons (Fsp3) is 0.167. The maximum atomic E-state index is 6.13. The lowest BCUT2D eigenvalue weighted by atomic mass is 9.92. The highest BCUT2D eigenvalue weighted by Crippen LogP contribution is 2.36. The molecule has 1 N–H and O–H groups in total. The second-order valence-electron chi connectivity index (χ2n) is 8.38. The largest absolute Gasteiger partial charge is 0.493 e. The van der Waals surface area contributed by atoms with Gasteiger partial charge in [-0.1, -0.05) is 60.7 Å². The molecule has 0 amide bonds. The van der Waals surface area contributed by atoms with Crippen LogP contribution in [0.5, 0.6) is 11.5 Å². The van der Waals surface area contributed by atoms with Crippen molar-refractivity contribution < 1.29 is 9.47 Å². The Kier molecular flexibility index (Phi) is 6.68. The quantitative estimate of drug-likeness (QED) is 0.364. The zero-order valence-corrected chi connectivity index (χ0v) is 19.3. The van der Waals surface area contributed by atoms with Crippen LogP contribution in [0.25, 0.3) is 17.2 Å². The van der Waals surface area contributed by atoms with Crippen molar-refractivity contribution in [3.8, 4) is 22.6 Å². The van der Waals surface area contributed by atoms with Crippen LogP contribution < -0.4 is 14.8 Å². The van der Waals surface area contributed by atoms with Crippen LogP contribution in [-0.2, 0) is 13.0 Å². The lowest BCUT2D eigenvalue weighted by molar-refractivity contribution is 0.283. The average molecular weight is 449 g/mol. The Morgan fingerprint density at radius 3 is 2.59 bits per heavy atom. The van der Waals surface area contributed by atoms with E-state index in [-0.39, 0.29) is 6.04 Å². The van der Waals surface area contributed by atoms with E-state index in [0.717, 1.165) is 35.6 Å². The lowest BCUT2D eigenvalue weighted by Gasteiger charge is -2.26. The summed E-state index contributed by atoms with van der Waals surface area (Å²) in [5.74, 6) is 1.55. The molecule has 0 spiro atoms. The van der Waals surface area contributed by atoms with Crippen LogP contribution >= 0.6 is 0 Å². The molecule has 1 aliphatic rings. The van der Waals surface area contributed by atoms with E-state index in [2.05, 4.69) is 71.0 Å². The summed E-state index contributed by atoms with van der Waals surface area (Å²) in [6, 6.07) is 27.2. The predicted molar refractivity (Wildman–Crippen MR) is 137 cm³/mol. The summed E-state index contributed by atoms with van der Waals surface area (Å²) in [6.07, 6.45) is 9.03. The number of fused-ring (bicyclic) bond motifs is 1.